The maximum Gasteiger partial charge on any atom is 0.413 e. The smallest absolute Gasteiger partial charge is 0.413 e. The van der Waals surface area contributed by atoms with Crippen molar-refractivity contribution in [3.63, 3.8) is 0 Å². The van der Waals surface area contributed by atoms with Crippen LogP contribution >= 0.6 is 0 Å². The third-order valence-electron chi connectivity index (χ3n) is 13.6. The minimum Gasteiger partial charge on any atom is -0.457 e. The van der Waals surface area contributed by atoms with Crippen molar-refractivity contribution in [3.8, 4) is 46.3 Å². The van der Waals surface area contributed by atoms with Crippen molar-refractivity contribution in [2.24, 2.45) is 7.05 Å². The molecule has 6 heterocycles. The summed E-state index contributed by atoms with van der Waals surface area (Å²) in [4.78, 5) is 50.6. The number of aryl methyl sites for hydroxylation is 4. The van der Waals surface area contributed by atoms with Gasteiger partial charge in [0, 0.05) is 7.05 Å². The second kappa shape index (κ2) is 32.8. The molecule has 514 valence electrons. The molecule has 0 aliphatic carbocycles. The van der Waals surface area contributed by atoms with Crippen LogP contribution in [0.1, 0.15) is 78.5 Å². The molecule has 0 aliphatic rings. The lowest BCUT2D eigenvalue weighted by atomic mass is 10.1. The summed E-state index contributed by atoms with van der Waals surface area (Å²) in [6.07, 6.45) is -6.03. The van der Waals surface area contributed by atoms with Crippen LogP contribution in [0.2, 0.25) is 0 Å². The highest BCUT2D eigenvalue weighted by Crippen LogP contribution is 2.32. The normalized spacial score (nSPS) is 12.2. The van der Waals surface area contributed by atoms with Crippen LogP contribution in [0.5, 0.6) is 0 Å². The van der Waals surface area contributed by atoms with Gasteiger partial charge < -0.3 is 14.2 Å². The number of nitrogens with one attached hydrogen (secondary N) is 5. The van der Waals surface area contributed by atoms with Gasteiger partial charge in [0.1, 0.15) is 36.8 Å². The fraction of sp³-hybridized carbons (Fsp3) is 0.279. The van der Waals surface area contributed by atoms with E-state index in [4.69, 9.17) is 24.7 Å². The van der Waals surface area contributed by atoms with Crippen molar-refractivity contribution in [3.05, 3.63) is 167 Å². The number of aromatic nitrogens is 12. The maximum absolute atomic E-state index is 13.5. The summed E-state index contributed by atoms with van der Waals surface area (Å²) in [5.41, 5.74) is 5.57. The van der Waals surface area contributed by atoms with Gasteiger partial charge >= 0.3 is 18.2 Å². The number of halogens is 3. The van der Waals surface area contributed by atoms with Gasteiger partial charge in [0.25, 0.3) is 6.43 Å². The Kier molecular flexibility index (Phi) is 24.8. The SMILES string of the molecule is CCS(=O)(=O)Nc1ccc(-c2nnn(C)c2CC(=O)O[C@H](C)c2cccc(F)c2)nc1C.Cc1nc(-c2nnn(CC#N)c2NC(=O)O[C@@H](c2ccccc2)C(F)F)ccc1NS(C)(=O)=O.Cc1nc(-c2nnn(CC#N)c2NC(=O)O[C@H](C)c2ccccc2)ccc1NS(C)(=O)=O. The summed E-state index contributed by atoms with van der Waals surface area (Å²) >= 11 is 0. The molecule has 0 unspecified atom stereocenters. The largest absolute Gasteiger partial charge is 0.457 e. The van der Waals surface area contributed by atoms with Crippen molar-refractivity contribution < 1.29 is 67.0 Å². The third-order valence-corrected chi connectivity index (χ3v) is 16.1. The van der Waals surface area contributed by atoms with Gasteiger partial charge in [0.2, 0.25) is 30.1 Å². The Labute approximate surface area is 560 Å². The maximum atomic E-state index is 13.5. The Balaban J connectivity index is 0.000000207. The van der Waals surface area contributed by atoms with Gasteiger partial charge in [-0.15, -0.1) is 15.3 Å². The van der Waals surface area contributed by atoms with E-state index in [0.29, 0.717) is 56.8 Å². The van der Waals surface area contributed by atoms with Crippen LogP contribution in [-0.2, 0) is 75.6 Å². The zero-order valence-electron chi connectivity index (χ0n) is 53.7. The number of rotatable bonds is 23. The second-order valence-electron chi connectivity index (χ2n) is 21.1. The third kappa shape index (κ3) is 20.8. The quantitative estimate of drug-likeness (QED) is 0.0294. The lowest BCUT2D eigenvalue weighted by Gasteiger charge is -2.18. The Morgan fingerprint density at radius 1 is 0.561 bits per heavy atom. The molecular formula is C61H64F3N19O12S3. The van der Waals surface area contributed by atoms with E-state index < -0.39 is 78.8 Å². The average molecular weight is 1410 g/mol. The first kappa shape index (κ1) is 74.0. The Morgan fingerprint density at radius 2 is 0.990 bits per heavy atom. The Morgan fingerprint density at radius 3 is 1.43 bits per heavy atom. The highest BCUT2D eigenvalue weighted by atomic mass is 32.2. The first-order valence-corrected chi connectivity index (χ1v) is 34.5. The number of ether oxygens (including phenoxy) is 3. The van der Waals surface area contributed by atoms with Gasteiger partial charge in [-0.2, -0.15) is 10.5 Å². The van der Waals surface area contributed by atoms with Crippen molar-refractivity contribution in [2.75, 3.05) is 43.1 Å². The molecule has 0 saturated heterocycles. The van der Waals surface area contributed by atoms with E-state index in [0.717, 1.165) is 22.8 Å². The molecule has 37 heteroatoms. The fourth-order valence-electron chi connectivity index (χ4n) is 8.82. The summed E-state index contributed by atoms with van der Waals surface area (Å²) < 4.78 is 137. The topological polar surface area (TPSA) is 420 Å². The van der Waals surface area contributed by atoms with Gasteiger partial charge in [0.05, 0.1) is 93.7 Å². The molecule has 31 nitrogen and oxygen atoms in total. The highest BCUT2D eigenvalue weighted by molar-refractivity contribution is 7.92. The molecule has 0 fully saturated rings. The molecule has 3 aromatic carbocycles. The fourth-order valence-corrected chi connectivity index (χ4v) is 10.7. The van der Waals surface area contributed by atoms with Crippen LogP contribution in [0, 0.1) is 49.3 Å². The molecule has 3 atom stereocenters. The van der Waals surface area contributed by atoms with Gasteiger partial charge in [-0.25, -0.2) is 72.3 Å². The minimum atomic E-state index is -3.54. The number of carbonyl (C=O) groups excluding carboxylic acids is 3. The summed E-state index contributed by atoms with van der Waals surface area (Å²) in [7, 11) is -8.80. The van der Waals surface area contributed by atoms with E-state index >= 15 is 0 Å². The van der Waals surface area contributed by atoms with Crippen molar-refractivity contribution >= 4 is 76.9 Å². The summed E-state index contributed by atoms with van der Waals surface area (Å²) in [5.74, 6) is -0.971. The number of anilines is 5. The summed E-state index contributed by atoms with van der Waals surface area (Å²) in [6, 6.07) is 35.5. The first-order chi connectivity index (χ1) is 46.4. The lowest BCUT2D eigenvalue weighted by Crippen LogP contribution is -2.23. The molecule has 0 saturated carbocycles. The molecule has 9 rings (SSSR count). The van der Waals surface area contributed by atoms with Crippen LogP contribution in [0.3, 0.4) is 0 Å². The van der Waals surface area contributed by atoms with Gasteiger partial charge in [-0.3, -0.25) is 34.3 Å². The minimum absolute atomic E-state index is 0.0227. The van der Waals surface area contributed by atoms with E-state index in [2.05, 4.69) is 70.7 Å². The van der Waals surface area contributed by atoms with Crippen LogP contribution < -0.4 is 24.8 Å². The van der Waals surface area contributed by atoms with Gasteiger partial charge in [-0.1, -0.05) is 88.4 Å². The standard InChI is InChI=1S/C21H24FN5O4S.C20H19F2N7O4S.C20H21N7O4S/c1-5-32(29,30)25-17-9-10-18(23-13(17)2)21-19(27(4)26-24-21)12-20(28)31-14(3)15-7-6-8-16(22)11-15;1-12-14(27-34(2,31)32)8-9-15(24-12)16-19(29(11-10-23)28-26-16)25-20(30)33-17(18(21)22)13-6-4-3-5-7-13;1-13-16(25-32(3,29)30)9-10-17(22-13)18-19(27(12-11-21)26-24-18)23-20(28)31-14(2)15-7-5-4-6-8-15/h6-11,14,25H,5,12H2,1-4H3;3-9,17-18,27H,11H2,1-2H3,(H,25,30);4-10,14,25H,12H2,1-3H3,(H,23,28)/t14-;17-;14-/m101/s1. The number of alkyl halides is 2. The molecule has 5 N–H and O–H groups in total. The predicted molar refractivity (Wildman–Crippen MR) is 351 cm³/mol. The molecule has 9 aromatic rings. The van der Waals surface area contributed by atoms with E-state index in [1.807, 2.05) is 42.5 Å². The van der Waals surface area contributed by atoms with Crippen LogP contribution in [-0.4, -0.2) is 128 Å². The first-order valence-electron chi connectivity index (χ1n) is 29.0. The van der Waals surface area contributed by atoms with E-state index in [9.17, 15) is 52.8 Å². The summed E-state index contributed by atoms with van der Waals surface area (Å²) in [5, 5.41) is 46.8. The molecule has 98 heavy (non-hydrogen) atoms. The zero-order chi connectivity index (χ0) is 71.6. The number of esters is 1. The number of pyridine rings is 3. The van der Waals surface area contributed by atoms with E-state index in [-0.39, 0.29) is 65.2 Å². The van der Waals surface area contributed by atoms with E-state index in [1.165, 1.54) is 70.0 Å². The number of nitriles is 2. The van der Waals surface area contributed by atoms with Crippen LogP contribution in [0.15, 0.2) is 121 Å². The monoisotopic (exact) mass is 1410 g/mol. The van der Waals surface area contributed by atoms with Crippen LogP contribution in [0.4, 0.5) is 51.5 Å². The number of hydrogen-bond donors (Lipinski definition) is 5. The number of carbonyl (C=O) groups is 3. The molecule has 6 aromatic heterocycles. The predicted octanol–water partition coefficient (Wildman–Crippen LogP) is 8.88. The number of nitrogens with zero attached hydrogens (tertiary/aromatic N) is 14. The van der Waals surface area contributed by atoms with Crippen molar-refractivity contribution in [1.82, 2.24) is 59.9 Å². The molecule has 0 aliphatic heterocycles. The Bertz CT molecular complexity index is 4780. The van der Waals surface area contributed by atoms with Crippen LogP contribution in [0.25, 0.3) is 34.2 Å². The summed E-state index contributed by atoms with van der Waals surface area (Å²) in [6.45, 7) is 9.30. The number of benzene rings is 3. The van der Waals surface area contributed by atoms with Crippen molar-refractivity contribution in [1.29, 1.82) is 10.5 Å². The molecular weight excluding hydrogens is 1340 g/mol. The second-order valence-corrected chi connectivity index (χ2v) is 26.6. The molecule has 0 radical (unpaired) electrons. The Hall–Kier alpha value is -11.4. The number of hydrogen-bond acceptors (Lipinski definition) is 23. The van der Waals surface area contributed by atoms with Gasteiger partial charge in [0.15, 0.2) is 29.1 Å². The van der Waals surface area contributed by atoms with E-state index in [1.54, 1.807) is 78.9 Å². The molecule has 2 amide bonds. The lowest BCUT2D eigenvalue weighted by molar-refractivity contribution is -0.147. The number of amides is 2. The molecule has 0 bridgehead atoms. The average Bonchev–Trinajstić information content (AvgIpc) is 1.62. The number of sulfonamides is 3. The molecule has 0 spiro atoms. The van der Waals surface area contributed by atoms with Gasteiger partial charge in [-0.05, 0) is 107 Å². The zero-order valence-corrected chi connectivity index (χ0v) is 56.2. The van der Waals surface area contributed by atoms with Crippen molar-refractivity contribution in [2.45, 2.75) is 85.8 Å². The highest BCUT2D eigenvalue weighted by Gasteiger charge is 2.29.